The van der Waals surface area contributed by atoms with E-state index in [1.165, 1.54) is 0 Å². The summed E-state index contributed by atoms with van der Waals surface area (Å²) in [7, 11) is 1.83. The second-order valence-corrected chi connectivity index (χ2v) is 3.56. The van der Waals surface area contributed by atoms with Gasteiger partial charge in [0, 0.05) is 11.5 Å². The van der Waals surface area contributed by atoms with Gasteiger partial charge in [-0.2, -0.15) is 0 Å². The van der Waals surface area contributed by atoms with Crippen molar-refractivity contribution in [3.8, 4) is 0 Å². The third-order valence-corrected chi connectivity index (χ3v) is 2.53. The van der Waals surface area contributed by atoms with Gasteiger partial charge < -0.3 is 15.3 Å². The molecule has 0 atom stereocenters. The maximum atomic E-state index is 11.0. The van der Waals surface area contributed by atoms with Crippen molar-refractivity contribution in [2.45, 2.75) is 0 Å². The number of halogens is 1. The molecule has 0 aliphatic carbocycles. The highest BCUT2D eigenvalue weighted by atomic mass is 79.9. The summed E-state index contributed by atoms with van der Waals surface area (Å²) in [6.07, 6.45) is 0. The van der Waals surface area contributed by atoms with Gasteiger partial charge in [-0.3, -0.25) is 0 Å². The molecule has 0 bridgehead atoms. The van der Waals surface area contributed by atoms with Crippen molar-refractivity contribution in [2.75, 3.05) is 12.4 Å². The number of imidazole rings is 1. The first-order valence-corrected chi connectivity index (χ1v) is 4.59. The second-order valence-electron chi connectivity index (χ2n) is 2.71. The molecular formula is C8H8BrN3O. The van der Waals surface area contributed by atoms with Crippen LogP contribution in [-0.2, 0) is 0 Å². The zero-order chi connectivity index (χ0) is 9.42. The lowest BCUT2D eigenvalue weighted by molar-refractivity contribution is 1.21. The van der Waals surface area contributed by atoms with Gasteiger partial charge in [0.05, 0.1) is 16.7 Å². The molecule has 0 amide bonds. The molecule has 4 nitrogen and oxygen atoms in total. The SMILES string of the molecule is CNc1cc2[nH]c(=O)[nH]c2cc1Br. The quantitative estimate of drug-likeness (QED) is 0.712. The van der Waals surface area contributed by atoms with Gasteiger partial charge in [-0.25, -0.2) is 4.79 Å². The summed E-state index contributed by atoms with van der Waals surface area (Å²) in [5, 5.41) is 3.01. The van der Waals surface area contributed by atoms with E-state index < -0.39 is 0 Å². The first-order chi connectivity index (χ1) is 6.20. The Labute approximate surface area is 82.5 Å². The summed E-state index contributed by atoms with van der Waals surface area (Å²) in [5.74, 6) is 0. The van der Waals surface area contributed by atoms with Gasteiger partial charge in [0.2, 0.25) is 0 Å². The Bertz CT molecular complexity index is 500. The van der Waals surface area contributed by atoms with E-state index in [9.17, 15) is 4.79 Å². The number of aromatic amines is 2. The van der Waals surface area contributed by atoms with Gasteiger partial charge in [0.25, 0.3) is 0 Å². The fourth-order valence-corrected chi connectivity index (χ4v) is 1.79. The molecule has 5 heteroatoms. The number of benzene rings is 1. The molecule has 0 aliphatic rings. The number of hydrogen-bond acceptors (Lipinski definition) is 2. The summed E-state index contributed by atoms with van der Waals surface area (Å²) in [4.78, 5) is 16.3. The van der Waals surface area contributed by atoms with Crippen molar-refractivity contribution >= 4 is 32.7 Å². The predicted octanol–water partition coefficient (Wildman–Crippen LogP) is 1.66. The first kappa shape index (κ1) is 8.37. The van der Waals surface area contributed by atoms with Crippen LogP contribution in [0.1, 0.15) is 0 Å². The van der Waals surface area contributed by atoms with E-state index in [4.69, 9.17) is 0 Å². The molecule has 0 unspecified atom stereocenters. The highest BCUT2D eigenvalue weighted by molar-refractivity contribution is 9.10. The molecule has 68 valence electrons. The van der Waals surface area contributed by atoms with E-state index in [0.717, 1.165) is 21.2 Å². The third kappa shape index (κ3) is 1.35. The highest BCUT2D eigenvalue weighted by Gasteiger charge is 2.02. The van der Waals surface area contributed by atoms with Gasteiger partial charge in [-0.1, -0.05) is 0 Å². The Kier molecular flexibility index (Phi) is 1.88. The van der Waals surface area contributed by atoms with E-state index in [2.05, 4.69) is 31.2 Å². The van der Waals surface area contributed by atoms with Crippen molar-refractivity contribution < 1.29 is 0 Å². The van der Waals surface area contributed by atoms with E-state index in [0.29, 0.717) is 0 Å². The maximum absolute atomic E-state index is 11.0. The lowest BCUT2D eigenvalue weighted by Crippen LogP contribution is -1.99. The lowest BCUT2D eigenvalue weighted by atomic mass is 10.3. The number of anilines is 1. The topological polar surface area (TPSA) is 60.7 Å². The first-order valence-electron chi connectivity index (χ1n) is 3.80. The van der Waals surface area contributed by atoms with Gasteiger partial charge in [-0.15, -0.1) is 0 Å². The van der Waals surface area contributed by atoms with Gasteiger partial charge in [-0.05, 0) is 28.1 Å². The molecule has 2 rings (SSSR count). The van der Waals surface area contributed by atoms with E-state index in [1.54, 1.807) is 0 Å². The van der Waals surface area contributed by atoms with Crippen LogP contribution in [0.2, 0.25) is 0 Å². The summed E-state index contributed by atoms with van der Waals surface area (Å²) in [6, 6.07) is 3.73. The largest absolute Gasteiger partial charge is 0.387 e. The molecule has 0 radical (unpaired) electrons. The molecular weight excluding hydrogens is 234 g/mol. The Hall–Kier alpha value is -1.23. The Morgan fingerprint density at radius 3 is 2.54 bits per heavy atom. The van der Waals surface area contributed by atoms with Crippen molar-refractivity contribution in [3.05, 3.63) is 27.1 Å². The molecule has 1 heterocycles. The van der Waals surface area contributed by atoms with Crippen LogP contribution in [0.5, 0.6) is 0 Å². The number of nitrogens with one attached hydrogen (secondary N) is 3. The van der Waals surface area contributed by atoms with Crippen LogP contribution in [0.25, 0.3) is 11.0 Å². The van der Waals surface area contributed by atoms with Crippen molar-refractivity contribution in [1.29, 1.82) is 0 Å². The molecule has 0 fully saturated rings. The maximum Gasteiger partial charge on any atom is 0.323 e. The zero-order valence-corrected chi connectivity index (χ0v) is 8.53. The number of aromatic nitrogens is 2. The summed E-state index contributed by atoms with van der Waals surface area (Å²) in [6.45, 7) is 0. The van der Waals surface area contributed by atoms with Crippen LogP contribution in [0.15, 0.2) is 21.4 Å². The molecule has 0 saturated carbocycles. The molecule has 13 heavy (non-hydrogen) atoms. The minimum Gasteiger partial charge on any atom is -0.387 e. The average Bonchev–Trinajstić information content (AvgIpc) is 2.42. The summed E-state index contributed by atoms with van der Waals surface area (Å²) >= 11 is 3.39. The molecule has 1 aromatic heterocycles. The molecule has 3 N–H and O–H groups in total. The molecule has 2 aromatic rings. The Balaban J connectivity index is 2.80. The Morgan fingerprint density at radius 1 is 1.31 bits per heavy atom. The minimum atomic E-state index is -0.185. The highest BCUT2D eigenvalue weighted by Crippen LogP contribution is 2.25. The fraction of sp³-hybridized carbons (Fsp3) is 0.125. The van der Waals surface area contributed by atoms with Crippen molar-refractivity contribution in [2.24, 2.45) is 0 Å². The molecule has 1 aromatic carbocycles. The monoisotopic (exact) mass is 241 g/mol. The minimum absolute atomic E-state index is 0.185. The molecule has 0 saturated heterocycles. The van der Waals surface area contributed by atoms with Crippen molar-refractivity contribution in [1.82, 2.24) is 9.97 Å². The fourth-order valence-electron chi connectivity index (χ4n) is 1.25. The van der Waals surface area contributed by atoms with Gasteiger partial charge >= 0.3 is 5.69 Å². The van der Waals surface area contributed by atoms with Crippen LogP contribution >= 0.6 is 15.9 Å². The van der Waals surface area contributed by atoms with Gasteiger partial charge in [0.15, 0.2) is 0 Å². The van der Waals surface area contributed by atoms with E-state index in [1.807, 2.05) is 19.2 Å². The zero-order valence-electron chi connectivity index (χ0n) is 6.94. The predicted molar refractivity (Wildman–Crippen MR) is 56.2 cm³/mol. The van der Waals surface area contributed by atoms with Crippen molar-refractivity contribution in [3.63, 3.8) is 0 Å². The van der Waals surface area contributed by atoms with Crippen LogP contribution < -0.4 is 11.0 Å². The molecule has 0 aliphatic heterocycles. The summed E-state index contributed by atoms with van der Waals surface area (Å²) in [5.41, 5.74) is 2.37. The van der Waals surface area contributed by atoms with E-state index in [-0.39, 0.29) is 5.69 Å². The van der Waals surface area contributed by atoms with Gasteiger partial charge in [0.1, 0.15) is 0 Å². The van der Waals surface area contributed by atoms with E-state index >= 15 is 0 Å². The number of fused-ring (bicyclic) bond motifs is 1. The van der Waals surface area contributed by atoms with Crippen LogP contribution in [0, 0.1) is 0 Å². The smallest absolute Gasteiger partial charge is 0.323 e. The Morgan fingerprint density at radius 2 is 1.92 bits per heavy atom. The lowest BCUT2D eigenvalue weighted by Gasteiger charge is -2.02. The number of hydrogen-bond donors (Lipinski definition) is 3. The standard InChI is InChI=1S/C8H8BrN3O/c1-10-5-3-7-6(2-4(5)9)11-8(13)12-7/h2-3,10H,1H3,(H2,11,12,13). The number of H-pyrrole nitrogens is 2. The van der Waals surface area contributed by atoms with Crippen LogP contribution in [0.3, 0.4) is 0 Å². The van der Waals surface area contributed by atoms with Crippen LogP contribution in [0.4, 0.5) is 5.69 Å². The van der Waals surface area contributed by atoms with Crippen LogP contribution in [-0.4, -0.2) is 17.0 Å². The average molecular weight is 242 g/mol. The number of rotatable bonds is 1. The summed E-state index contributed by atoms with van der Waals surface area (Å²) < 4.78 is 0.928. The second kappa shape index (κ2) is 2.92. The normalized spacial score (nSPS) is 10.6. The molecule has 0 spiro atoms. The third-order valence-electron chi connectivity index (χ3n) is 1.87.